The molecule has 0 aliphatic carbocycles. The summed E-state index contributed by atoms with van der Waals surface area (Å²) in [4.78, 5) is 25.6. The van der Waals surface area contributed by atoms with Crippen LogP contribution in [0.15, 0.2) is 18.2 Å². The number of carboxylic acids is 1. The Morgan fingerprint density at radius 3 is 2.77 bits per heavy atom. The fourth-order valence-corrected chi connectivity index (χ4v) is 3.11. The predicted octanol–water partition coefficient (Wildman–Crippen LogP) is 1.64. The van der Waals surface area contributed by atoms with E-state index in [9.17, 15) is 14.7 Å². The van der Waals surface area contributed by atoms with Gasteiger partial charge in [0.2, 0.25) is 0 Å². The molecule has 2 heterocycles. The van der Waals surface area contributed by atoms with Gasteiger partial charge in [-0.3, -0.25) is 9.59 Å². The number of aliphatic carboxylic acids is 1. The molecular weight excluding hydrogens is 286 g/mol. The van der Waals surface area contributed by atoms with Crippen LogP contribution in [-0.4, -0.2) is 48.2 Å². The van der Waals surface area contributed by atoms with E-state index in [1.54, 1.807) is 23.1 Å². The summed E-state index contributed by atoms with van der Waals surface area (Å²) in [6, 6.07) is 5.22. The molecule has 3 rings (SSSR count). The zero-order valence-electron chi connectivity index (χ0n) is 12.4. The third-order valence-corrected chi connectivity index (χ3v) is 4.09. The second kappa shape index (κ2) is 5.87. The number of ether oxygens (including phenoxy) is 2. The van der Waals surface area contributed by atoms with Crippen molar-refractivity contribution in [2.45, 2.75) is 13.3 Å². The highest BCUT2D eigenvalue weighted by Gasteiger charge is 2.33. The van der Waals surface area contributed by atoms with Crippen LogP contribution in [0.1, 0.15) is 23.7 Å². The number of hydrogen-bond acceptors (Lipinski definition) is 4. The molecule has 0 radical (unpaired) electrons. The second-order valence-corrected chi connectivity index (χ2v) is 5.92. The third-order valence-electron chi connectivity index (χ3n) is 4.09. The number of nitrogens with zero attached hydrogens (tertiary/aromatic N) is 1. The molecule has 1 amide bonds. The molecule has 0 saturated carbocycles. The minimum Gasteiger partial charge on any atom is -0.486 e. The van der Waals surface area contributed by atoms with E-state index in [1.807, 2.05) is 6.92 Å². The van der Waals surface area contributed by atoms with Crippen molar-refractivity contribution in [3.05, 3.63) is 23.8 Å². The van der Waals surface area contributed by atoms with Gasteiger partial charge in [-0.25, -0.2) is 0 Å². The quantitative estimate of drug-likeness (QED) is 0.899. The summed E-state index contributed by atoms with van der Waals surface area (Å²) < 4.78 is 11.1. The van der Waals surface area contributed by atoms with Gasteiger partial charge in [-0.05, 0) is 24.5 Å². The molecule has 6 nitrogen and oxygen atoms in total. The lowest BCUT2D eigenvalue weighted by molar-refractivity contribution is -0.143. The molecule has 1 aromatic carbocycles. The number of rotatable bonds is 2. The molecule has 2 aliphatic rings. The summed E-state index contributed by atoms with van der Waals surface area (Å²) in [7, 11) is 0. The summed E-state index contributed by atoms with van der Waals surface area (Å²) in [5.74, 6) is -0.361. The van der Waals surface area contributed by atoms with E-state index in [1.165, 1.54) is 0 Å². The Hall–Kier alpha value is -2.24. The monoisotopic (exact) mass is 305 g/mol. The molecule has 0 aromatic heterocycles. The van der Waals surface area contributed by atoms with E-state index < -0.39 is 11.9 Å². The first-order valence-corrected chi connectivity index (χ1v) is 7.47. The van der Waals surface area contributed by atoms with Crippen molar-refractivity contribution in [3.63, 3.8) is 0 Å². The number of hydrogen-bond donors (Lipinski definition) is 1. The number of amides is 1. The maximum Gasteiger partial charge on any atom is 0.308 e. The maximum atomic E-state index is 12.8. The highest BCUT2D eigenvalue weighted by atomic mass is 16.6. The lowest BCUT2D eigenvalue weighted by atomic mass is 9.90. The number of para-hydroxylation sites is 1. The molecule has 0 bridgehead atoms. The molecule has 0 spiro atoms. The molecular formula is C16H19NO5. The van der Waals surface area contributed by atoms with E-state index in [0.717, 1.165) is 0 Å². The Morgan fingerprint density at radius 2 is 2.00 bits per heavy atom. The van der Waals surface area contributed by atoms with E-state index in [2.05, 4.69) is 0 Å². The predicted molar refractivity (Wildman–Crippen MR) is 78.2 cm³/mol. The summed E-state index contributed by atoms with van der Waals surface area (Å²) in [6.07, 6.45) is 0.603. The number of fused-ring (bicyclic) bond motifs is 1. The highest BCUT2D eigenvalue weighted by molar-refractivity contribution is 5.98. The zero-order valence-corrected chi connectivity index (χ0v) is 12.4. The van der Waals surface area contributed by atoms with Crippen LogP contribution in [0.3, 0.4) is 0 Å². The van der Waals surface area contributed by atoms with Gasteiger partial charge in [0.1, 0.15) is 13.2 Å². The second-order valence-electron chi connectivity index (χ2n) is 5.92. The first kappa shape index (κ1) is 14.7. The Labute approximate surface area is 128 Å². The van der Waals surface area contributed by atoms with Gasteiger partial charge in [0.05, 0.1) is 11.5 Å². The number of carbonyl (C=O) groups excluding carboxylic acids is 1. The van der Waals surface area contributed by atoms with Crippen LogP contribution in [0, 0.1) is 11.8 Å². The number of piperidine rings is 1. The molecule has 22 heavy (non-hydrogen) atoms. The first-order valence-electron chi connectivity index (χ1n) is 7.47. The third kappa shape index (κ3) is 2.73. The van der Waals surface area contributed by atoms with Gasteiger partial charge < -0.3 is 19.5 Å². The van der Waals surface area contributed by atoms with Crippen molar-refractivity contribution >= 4 is 11.9 Å². The molecule has 1 aromatic rings. The lowest BCUT2D eigenvalue weighted by Crippen LogP contribution is -2.45. The van der Waals surface area contributed by atoms with Crippen LogP contribution in [0.2, 0.25) is 0 Å². The lowest BCUT2D eigenvalue weighted by Gasteiger charge is -2.35. The van der Waals surface area contributed by atoms with Gasteiger partial charge in [0.15, 0.2) is 11.5 Å². The van der Waals surface area contributed by atoms with Gasteiger partial charge in [0, 0.05) is 13.1 Å². The van der Waals surface area contributed by atoms with Crippen LogP contribution >= 0.6 is 0 Å². The fraction of sp³-hybridized carbons (Fsp3) is 0.500. The van der Waals surface area contributed by atoms with Gasteiger partial charge >= 0.3 is 5.97 Å². The summed E-state index contributed by atoms with van der Waals surface area (Å²) >= 11 is 0. The van der Waals surface area contributed by atoms with Crippen LogP contribution in [-0.2, 0) is 4.79 Å². The molecule has 2 aliphatic heterocycles. The van der Waals surface area contributed by atoms with Crippen LogP contribution in [0.25, 0.3) is 0 Å². The number of likely N-dealkylation sites (tertiary alicyclic amines) is 1. The van der Waals surface area contributed by atoms with Crippen molar-refractivity contribution in [1.29, 1.82) is 0 Å². The minimum atomic E-state index is -0.848. The van der Waals surface area contributed by atoms with Crippen LogP contribution in [0.5, 0.6) is 11.5 Å². The van der Waals surface area contributed by atoms with Crippen LogP contribution in [0.4, 0.5) is 0 Å². The number of carbonyl (C=O) groups is 2. The van der Waals surface area contributed by atoms with Crippen molar-refractivity contribution < 1.29 is 24.2 Å². The molecule has 6 heteroatoms. The van der Waals surface area contributed by atoms with Crippen molar-refractivity contribution in [2.24, 2.45) is 11.8 Å². The average Bonchev–Trinajstić information content (AvgIpc) is 2.53. The Kier molecular flexibility index (Phi) is 3.92. The molecule has 2 unspecified atom stereocenters. The van der Waals surface area contributed by atoms with Crippen molar-refractivity contribution in [1.82, 2.24) is 4.90 Å². The van der Waals surface area contributed by atoms with E-state index >= 15 is 0 Å². The van der Waals surface area contributed by atoms with Gasteiger partial charge in [-0.15, -0.1) is 0 Å². The Morgan fingerprint density at radius 1 is 1.23 bits per heavy atom. The fourth-order valence-electron chi connectivity index (χ4n) is 3.11. The number of benzene rings is 1. The molecule has 1 fully saturated rings. The Balaban J connectivity index is 1.86. The van der Waals surface area contributed by atoms with E-state index in [-0.39, 0.29) is 18.4 Å². The van der Waals surface area contributed by atoms with Gasteiger partial charge in [0.25, 0.3) is 5.91 Å². The summed E-state index contributed by atoms with van der Waals surface area (Å²) in [5, 5.41) is 9.24. The minimum absolute atomic E-state index is 0.163. The topological polar surface area (TPSA) is 76.1 Å². The largest absolute Gasteiger partial charge is 0.486 e. The van der Waals surface area contributed by atoms with Crippen molar-refractivity contribution in [3.8, 4) is 11.5 Å². The van der Waals surface area contributed by atoms with E-state index in [4.69, 9.17) is 9.47 Å². The average molecular weight is 305 g/mol. The SMILES string of the molecule is CC1CC(C(=O)O)CN(C(=O)c2cccc3c2OCCO3)C1. The van der Waals surface area contributed by atoms with Gasteiger partial charge in [-0.2, -0.15) is 0 Å². The maximum absolute atomic E-state index is 12.8. The number of carboxylic acid groups (broad SMARTS) is 1. The molecule has 1 saturated heterocycles. The molecule has 1 N–H and O–H groups in total. The molecule has 118 valence electrons. The van der Waals surface area contributed by atoms with Gasteiger partial charge in [-0.1, -0.05) is 13.0 Å². The standard InChI is InChI=1S/C16H19NO5/c1-10-7-11(16(19)20)9-17(8-10)15(18)12-3-2-4-13-14(12)22-6-5-21-13/h2-4,10-11H,5-9H2,1H3,(H,19,20). The van der Waals surface area contributed by atoms with E-state index in [0.29, 0.717) is 43.2 Å². The normalized spacial score (nSPS) is 24.0. The molecule has 2 atom stereocenters. The van der Waals surface area contributed by atoms with Crippen LogP contribution < -0.4 is 9.47 Å². The zero-order chi connectivity index (χ0) is 15.7. The summed E-state index contributed by atoms with van der Waals surface area (Å²) in [5.41, 5.74) is 0.440. The highest BCUT2D eigenvalue weighted by Crippen LogP contribution is 2.35. The Bertz CT molecular complexity index is 600. The smallest absolute Gasteiger partial charge is 0.308 e. The summed E-state index contributed by atoms with van der Waals surface area (Å²) in [6.45, 7) is 3.64. The first-order chi connectivity index (χ1) is 10.6. The van der Waals surface area contributed by atoms with Crippen molar-refractivity contribution in [2.75, 3.05) is 26.3 Å².